The molecule has 1 unspecified atom stereocenters. The second kappa shape index (κ2) is 9.37. The van der Waals surface area contributed by atoms with E-state index >= 15 is 0 Å². The number of anilines is 3. The van der Waals surface area contributed by atoms with Gasteiger partial charge in [-0.2, -0.15) is 14.3 Å². The SMILES string of the molecule is CC(C)n1nc(NCCS(C)(=N)=O)c2cnc(Nc3ccnc(-c4cnn(S(=O)(=O)C5CC5)c4)n3)cc21. The molecule has 0 amide bonds. The standard InChI is InChI=1S/C22H28N10O3S2/c1-14(2)32-18-10-20(26-12-17(18)22(30-32)25-8-9-36(3,23)33)28-19-6-7-24-21(29-19)15-11-27-31(13-15)37(34,35)16-4-5-16/h6-7,10-14,16,23H,4-5,8-9H2,1-3H3,(H,25,30)(H,24,26,28,29). The van der Waals surface area contributed by atoms with Crippen LogP contribution in [0.15, 0.2) is 36.9 Å². The van der Waals surface area contributed by atoms with Crippen LogP contribution in [0.4, 0.5) is 17.5 Å². The Labute approximate surface area is 214 Å². The number of aromatic nitrogens is 7. The summed E-state index contributed by atoms with van der Waals surface area (Å²) < 4.78 is 47.0. The summed E-state index contributed by atoms with van der Waals surface area (Å²) in [5, 5.41) is 15.5. The van der Waals surface area contributed by atoms with E-state index in [9.17, 15) is 12.6 Å². The molecule has 1 saturated carbocycles. The lowest BCUT2D eigenvalue weighted by molar-refractivity contribution is 0.552. The zero-order valence-corrected chi connectivity index (χ0v) is 22.3. The highest BCUT2D eigenvalue weighted by Gasteiger charge is 2.37. The third-order valence-corrected chi connectivity index (χ3v) is 8.82. The van der Waals surface area contributed by atoms with Gasteiger partial charge in [-0.15, -0.1) is 0 Å². The topological polar surface area (TPSA) is 173 Å². The molecule has 4 aromatic rings. The summed E-state index contributed by atoms with van der Waals surface area (Å²) in [5.41, 5.74) is 1.34. The van der Waals surface area contributed by atoms with Gasteiger partial charge in [0.2, 0.25) is 0 Å². The highest BCUT2D eigenvalue weighted by molar-refractivity contribution is 7.91. The van der Waals surface area contributed by atoms with Crippen molar-refractivity contribution < 1.29 is 12.6 Å². The average molecular weight is 545 g/mol. The van der Waals surface area contributed by atoms with E-state index in [1.165, 1.54) is 18.6 Å². The number of rotatable bonds is 10. The summed E-state index contributed by atoms with van der Waals surface area (Å²) in [6, 6.07) is 3.63. The molecule has 5 rings (SSSR count). The quantitative estimate of drug-likeness (QED) is 0.269. The molecule has 1 aliphatic rings. The minimum atomic E-state index is -3.47. The van der Waals surface area contributed by atoms with Gasteiger partial charge in [-0.1, -0.05) is 0 Å². The molecule has 0 saturated heterocycles. The first-order valence-electron chi connectivity index (χ1n) is 11.7. The average Bonchev–Trinajstić information content (AvgIpc) is 3.47. The fourth-order valence-electron chi connectivity index (χ4n) is 3.77. The summed E-state index contributed by atoms with van der Waals surface area (Å²) in [7, 11) is -6.07. The van der Waals surface area contributed by atoms with Crippen LogP contribution in [0.1, 0.15) is 32.7 Å². The van der Waals surface area contributed by atoms with E-state index in [1.807, 2.05) is 24.6 Å². The van der Waals surface area contributed by atoms with Crippen LogP contribution in [0, 0.1) is 4.78 Å². The normalized spacial score (nSPS) is 15.7. The highest BCUT2D eigenvalue weighted by atomic mass is 32.2. The van der Waals surface area contributed by atoms with E-state index in [1.54, 1.807) is 18.5 Å². The Kier molecular flexibility index (Phi) is 6.35. The molecule has 37 heavy (non-hydrogen) atoms. The number of pyridine rings is 1. The largest absolute Gasteiger partial charge is 0.367 e. The third kappa shape index (κ3) is 5.41. The molecule has 4 aromatic heterocycles. The zero-order chi connectivity index (χ0) is 26.4. The monoisotopic (exact) mass is 544 g/mol. The van der Waals surface area contributed by atoms with Gasteiger partial charge in [-0.05, 0) is 32.8 Å². The molecule has 0 bridgehead atoms. The van der Waals surface area contributed by atoms with Gasteiger partial charge in [-0.25, -0.2) is 23.4 Å². The van der Waals surface area contributed by atoms with Crippen molar-refractivity contribution in [2.45, 2.75) is 38.0 Å². The van der Waals surface area contributed by atoms with E-state index in [2.05, 4.69) is 35.8 Å². The van der Waals surface area contributed by atoms with Crippen LogP contribution in [0.3, 0.4) is 0 Å². The smallest absolute Gasteiger partial charge is 0.256 e. The van der Waals surface area contributed by atoms with Crippen LogP contribution in [0.25, 0.3) is 22.3 Å². The lowest BCUT2D eigenvalue weighted by atomic mass is 10.3. The summed E-state index contributed by atoms with van der Waals surface area (Å²) in [4.78, 5) is 13.3. The predicted octanol–water partition coefficient (Wildman–Crippen LogP) is 2.84. The maximum Gasteiger partial charge on any atom is 0.256 e. The Morgan fingerprint density at radius 2 is 1.95 bits per heavy atom. The Balaban J connectivity index is 1.39. The van der Waals surface area contributed by atoms with Gasteiger partial charge in [-0.3, -0.25) is 13.7 Å². The molecule has 0 aliphatic heterocycles. The molecule has 1 atom stereocenters. The molecule has 0 radical (unpaired) electrons. The van der Waals surface area contributed by atoms with Crippen molar-refractivity contribution in [1.82, 2.24) is 33.9 Å². The number of fused-ring (bicyclic) bond motifs is 1. The molecule has 4 heterocycles. The minimum absolute atomic E-state index is 0.0778. The first kappa shape index (κ1) is 25.1. The Hall–Kier alpha value is -3.59. The van der Waals surface area contributed by atoms with Crippen molar-refractivity contribution in [1.29, 1.82) is 4.78 Å². The van der Waals surface area contributed by atoms with Crippen molar-refractivity contribution in [2.75, 3.05) is 29.2 Å². The van der Waals surface area contributed by atoms with Gasteiger partial charge in [0.25, 0.3) is 10.0 Å². The summed E-state index contributed by atoms with van der Waals surface area (Å²) >= 11 is 0. The molecular weight excluding hydrogens is 516 g/mol. The lowest BCUT2D eigenvalue weighted by Crippen LogP contribution is -2.17. The first-order valence-corrected chi connectivity index (χ1v) is 15.4. The van der Waals surface area contributed by atoms with E-state index < -0.39 is 19.8 Å². The first-order chi connectivity index (χ1) is 17.5. The van der Waals surface area contributed by atoms with Gasteiger partial charge in [0.1, 0.15) is 11.6 Å². The van der Waals surface area contributed by atoms with E-state index in [0.717, 1.165) is 15.0 Å². The second-order valence-electron chi connectivity index (χ2n) is 9.35. The van der Waals surface area contributed by atoms with Crippen LogP contribution in [0.5, 0.6) is 0 Å². The second-order valence-corrected chi connectivity index (χ2v) is 13.8. The zero-order valence-electron chi connectivity index (χ0n) is 20.6. The fraction of sp³-hybridized carbons (Fsp3) is 0.409. The van der Waals surface area contributed by atoms with Gasteiger partial charge in [0.15, 0.2) is 11.6 Å². The number of hydrogen-bond acceptors (Lipinski definition) is 11. The van der Waals surface area contributed by atoms with E-state index in [0.29, 0.717) is 48.2 Å². The van der Waals surface area contributed by atoms with E-state index in [4.69, 9.17) is 4.78 Å². The van der Waals surface area contributed by atoms with Crippen molar-refractivity contribution in [2.24, 2.45) is 0 Å². The van der Waals surface area contributed by atoms with Crippen LogP contribution < -0.4 is 10.6 Å². The van der Waals surface area contributed by atoms with Crippen LogP contribution in [0.2, 0.25) is 0 Å². The van der Waals surface area contributed by atoms with Gasteiger partial charge < -0.3 is 10.6 Å². The molecular formula is C22H28N10O3S2. The molecule has 1 aliphatic carbocycles. The molecule has 13 nitrogen and oxygen atoms in total. The van der Waals surface area contributed by atoms with Crippen LogP contribution >= 0.6 is 0 Å². The molecule has 15 heteroatoms. The minimum Gasteiger partial charge on any atom is -0.367 e. The highest BCUT2D eigenvalue weighted by Crippen LogP contribution is 2.31. The molecule has 196 valence electrons. The predicted molar refractivity (Wildman–Crippen MR) is 142 cm³/mol. The van der Waals surface area contributed by atoms with Gasteiger partial charge in [0.05, 0.1) is 34.1 Å². The van der Waals surface area contributed by atoms with Crippen LogP contribution in [-0.2, 0) is 19.8 Å². The maximum absolute atomic E-state index is 12.4. The summed E-state index contributed by atoms with van der Waals surface area (Å²) in [6.07, 6.45) is 8.88. The Bertz CT molecular complexity index is 1670. The fourth-order valence-corrected chi connectivity index (χ4v) is 5.73. The van der Waals surface area contributed by atoms with Gasteiger partial charge >= 0.3 is 0 Å². The molecule has 0 spiro atoms. The molecule has 1 fully saturated rings. The lowest BCUT2D eigenvalue weighted by Gasteiger charge is -2.09. The van der Waals surface area contributed by atoms with Crippen molar-refractivity contribution in [3.8, 4) is 11.4 Å². The Morgan fingerprint density at radius 3 is 2.65 bits per heavy atom. The number of nitrogens with zero attached hydrogens (tertiary/aromatic N) is 7. The van der Waals surface area contributed by atoms with Crippen molar-refractivity contribution in [3.63, 3.8) is 0 Å². The third-order valence-electron chi connectivity index (χ3n) is 5.80. The van der Waals surface area contributed by atoms with Crippen molar-refractivity contribution >= 4 is 48.1 Å². The number of hydrogen-bond donors (Lipinski definition) is 3. The van der Waals surface area contributed by atoms with Crippen molar-refractivity contribution in [3.05, 3.63) is 36.9 Å². The summed E-state index contributed by atoms with van der Waals surface area (Å²) in [6.45, 7) is 4.41. The van der Waals surface area contributed by atoms with E-state index in [-0.39, 0.29) is 17.0 Å². The summed E-state index contributed by atoms with van der Waals surface area (Å²) in [5.74, 6) is 2.20. The molecule has 3 N–H and O–H groups in total. The molecule has 0 aromatic carbocycles. The van der Waals surface area contributed by atoms with Crippen LogP contribution in [-0.4, -0.2) is 70.3 Å². The Morgan fingerprint density at radius 1 is 1.16 bits per heavy atom. The number of nitrogens with one attached hydrogen (secondary N) is 3. The van der Waals surface area contributed by atoms with Gasteiger partial charge in [0, 0.05) is 52.8 Å². The maximum atomic E-state index is 12.4.